The van der Waals surface area contributed by atoms with Crippen LogP contribution in [0.5, 0.6) is 0 Å². The molecular weight excluding hydrogens is 474 g/mol. The maximum absolute atomic E-state index is 13.5. The summed E-state index contributed by atoms with van der Waals surface area (Å²) in [5.41, 5.74) is 3.92. The van der Waals surface area contributed by atoms with Crippen molar-refractivity contribution in [3.8, 4) is 0 Å². The fraction of sp³-hybridized carbons (Fsp3) is 0.444. The lowest BCUT2D eigenvalue weighted by Gasteiger charge is -2.35. The van der Waals surface area contributed by atoms with Crippen molar-refractivity contribution in [2.75, 3.05) is 75.8 Å². The van der Waals surface area contributed by atoms with Crippen molar-refractivity contribution in [3.63, 3.8) is 0 Å². The number of anilines is 2. The topological polar surface area (TPSA) is 56.6 Å². The largest absolute Gasteiger partial charge is 0.353 e. The summed E-state index contributed by atoms with van der Waals surface area (Å²) < 4.78 is 29.0. The Kier molecular flexibility index (Phi) is 6.37. The number of fused-ring (bicyclic) bond motifs is 3. The first kappa shape index (κ1) is 24.0. The Hall–Kier alpha value is -3.37. The molecule has 8 nitrogen and oxygen atoms in total. The molecule has 6 rings (SSSR count). The third-order valence-electron chi connectivity index (χ3n) is 7.82. The van der Waals surface area contributed by atoms with Gasteiger partial charge in [-0.2, -0.15) is 0 Å². The van der Waals surface area contributed by atoms with Gasteiger partial charge in [0.25, 0.3) is 0 Å². The second-order valence-electron chi connectivity index (χ2n) is 10.1. The molecule has 4 aromatic rings. The lowest BCUT2D eigenvalue weighted by molar-refractivity contribution is 0.260. The maximum atomic E-state index is 13.5. The average Bonchev–Trinajstić information content (AvgIpc) is 3.22. The van der Waals surface area contributed by atoms with E-state index in [0.29, 0.717) is 6.42 Å². The number of pyridine rings is 1. The number of piperazine rings is 2. The van der Waals surface area contributed by atoms with E-state index < -0.39 is 11.6 Å². The summed E-state index contributed by atoms with van der Waals surface area (Å²) in [6.45, 7) is 8.19. The molecule has 2 aliphatic rings. The Bertz CT molecular complexity index is 1420. The number of hydrogen-bond donors (Lipinski definition) is 0. The molecule has 3 aromatic heterocycles. The molecule has 10 heteroatoms. The highest BCUT2D eigenvalue weighted by molar-refractivity contribution is 6.13. The number of halogens is 2. The Labute approximate surface area is 215 Å². The molecule has 0 atom stereocenters. The van der Waals surface area contributed by atoms with E-state index in [0.717, 1.165) is 98.0 Å². The smallest absolute Gasteiger partial charge is 0.159 e. The van der Waals surface area contributed by atoms with E-state index in [1.54, 1.807) is 12.4 Å². The van der Waals surface area contributed by atoms with Crippen LogP contribution in [-0.2, 0) is 13.5 Å². The third-order valence-corrected chi connectivity index (χ3v) is 7.82. The van der Waals surface area contributed by atoms with Crippen LogP contribution < -0.4 is 9.80 Å². The lowest BCUT2D eigenvalue weighted by atomic mass is 10.1. The first-order chi connectivity index (χ1) is 18.0. The molecule has 194 valence electrons. The van der Waals surface area contributed by atoms with Crippen LogP contribution >= 0.6 is 0 Å². The van der Waals surface area contributed by atoms with Gasteiger partial charge in [0.1, 0.15) is 23.2 Å². The number of aryl methyl sites for hydroxylation is 1. The van der Waals surface area contributed by atoms with E-state index in [9.17, 15) is 8.78 Å². The molecule has 0 aliphatic carbocycles. The van der Waals surface area contributed by atoms with Gasteiger partial charge in [0, 0.05) is 72.1 Å². The number of aromatic nitrogens is 4. The van der Waals surface area contributed by atoms with Crippen molar-refractivity contribution in [2.45, 2.75) is 6.42 Å². The molecule has 0 N–H and O–H groups in total. The van der Waals surface area contributed by atoms with Gasteiger partial charge in [-0.05, 0) is 37.2 Å². The van der Waals surface area contributed by atoms with E-state index >= 15 is 0 Å². The number of hydrogen-bond acceptors (Lipinski definition) is 7. The molecule has 0 saturated carbocycles. The molecule has 2 saturated heterocycles. The van der Waals surface area contributed by atoms with Crippen molar-refractivity contribution in [1.82, 2.24) is 29.3 Å². The Morgan fingerprint density at radius 1 is 0.784 bits per heavy atom. The van der Waals surface area contributed by atoms with Crippen LogP contribution in [0.15, 0.2) is 36.8 Å². The highest BCUT2D eigenvalue weighted by Gasteiger charge is 2.26. The molecule has 37 heavy (non-hydrogen) atoms. The van der Waals surface area contributed by atoms with Gasteiger partial charge in [-0.25, -0.2) is 23.7 Å². The molecule has 1 aromatic carbocycles. The summed E-state index contributed by atoms with van der Waals surface area (Å²) in [5, 5.41) is 1.10. The molecule has 5 heterocycles. The van der Waals surface area contributed by atoms with Gasteiger partial charge in [-0.15, -0.1) is 0 Å². The maximum Gasteiger partial charge on any atom is 0.159 e. The van der Waals surface area contributed by atoms with Crippen LogP contribution in [0, 0.1) is 11.6 Å². The second kappa shape index (κ2) is 9.83. The van der Waals surface area contributed by atoms with Gasteiger partial charge >= 0.3 is 0 Å². The van der Waals surface area contributed by atoms with E-state index in [-0.39, 0.29) is 0 Å². The molecule has 0 spiro atoms. The van der Waals surface area contributed by atoms with E-state index in [1.165, 1.54) is 12.1 Å². The Morgan fingerprint density at radius 3 is 2.27 bits per heavy atom. The zero-order chi connectivity index (χ0) is 25.5. The van der Waals surface area contributed by atoms with Gasteiger partial charge in [0.05, 0.1) is 10.9 Å². The normalized spacial score (nSPS) is 17.8. The van der Waals surface area contributed by atoms with Crippen LogP contribution in [-0.4, -0.2) is 95.3 Å². The Morgan fingerprint density at radius 2 is 1.51 bits per heavy atom. The summed E-state index contributed by atoms with van der Waals surface area (Å²) in [6.07, 6.45) is 4.27. The van der Waals surface area contributed by atoms with Crippen LogP contribution in [0.2, 0.25) is 0 Å². The predicted molar refractivity (Wildman–Crippen MR) is 142 cm³/mol. The van der Waals surface area contributed by atoms with Crippen LogP contribution in [0.25, 0.3) is 21.9 Å². The average molecular weight is 507 g/mol. The van der Waals surface area contributed by atoms with Crippen LogP contribution in [0.3, 0.4) is 0 Å². The summed E-state index contributed by atoms with van der Waals surface area (Å²) >= 11 is 0. The van der Waals surface area contributed by atoms with Crippen molar-refractivity contribution in [3.05, 3.63) is 54.0 Å². The molecule has 0 unspecified atom stereocenters. The zero-order valence-corrected chi connectivity index (χ0v) is 21.4. The summed E-state index contributed by atoms with van der Waals surface area (Å²) in [4.78, 5) is 23.7. The minimum absolute atomic E-state index is 0.695. The number of likely N-dealkylation sites (N-methyl/N-ethyl adjacent to an activating group) is 1. The fourth-order valence-corrected chi connectivity index (χ4v) is 5.58. The quantitative estimate of drug-likeness (QED) is 0.413. The summed E-state index contributed by atoms with van der Waals surface area (Å²) in [6, 6.07) is 6.24. The molecule has 0 bridgehead atoms. The molecule has 2 fully saturated rings. The molecule has 2 aliphatic heterocycles. The minimum Gasteiger partial charge on any atom is -0.353 e. The monoisotopic (exact) mass is 506 g/mol. The van der Waals surface area contributed by atoms with Gasteiger partial charge < -0.3 is 19.3 Å². The van der Waals surface area contributed by atoms with Gasteiger partial charge in [0.15, 0.2) is 17.5 Å². The second-order valence-corrected chi connectivity index (χ2v) is 10.1. The van der Waals surface area contributed by atoms with Gasteiger partial charge in [-0.3, -0.25) is 4.90 Å². The van der Waals surface area contributed by atoms with Gasteiger partial charge in [-0.1, -0.05) is 6.07 Å². The predicted octanol–water partition coefficient (Wildman–Crippen LogP) is 2.91. The number of rotatable bonds is 5. The summed E-state index contributed by atoms with van der Waals surface area (Å²) in [7, 11) is 4.24. The first-order valence-corrected chi connectivity index (χ1v) is 12.9. The highest BCUT2D eigenvalue weighted by Crippen LogP contribution is 2.36. The van der Waals surface area contributed by atoms with Crippen LogP contribution in [0.4, 0.5) is 20.4 Å². The van der Waals surface area contributed by atoms with E-state index in [1.807, 2.05) is 6.20 Å². The van der Waals surface area contributed by atoms with Crippen molar-refractivity contribution < 1.29 is 8.78 Å². The fourth-order valence-electron chi connectivity index (χ4n) is 5.58. The molecular formula is C27H32F2N8. The first-order valence-electron chi connectivity index (χ1n) is 12.9. The standard InChI is InChI=1S/C27H32F2N8/c1-33-9-13-36(14-10-33)26-23-22(5-7-30-26)34(2)25-24(23)31-18-32-27(25)37-15-11-35(12-16-37)8-6-19-3-4-20(28)21(29)17-19/h3-5,7,17-18H,6,8-16H2,1-2H3. The van der Waals surface area contributed by atoms with Crippen molar-refractivity contribution in [1.29, 1.82) is 0 Å². The van der Waals surface area contributed by atoms with Crippen molar-refractivity contribution >= 4 is 33.6 Å². The van der Waals surface area contributed by atoms with E-state index in [2.05, 4.69) is 44.3 Å². The SMILES string of the molecule is CN1CCN(c2nccc3c2c2ncnc(N4CCN(CCc5ccc(F)c(F)c5)CC4)c2n3C)CC1. The molecule has 0 amide bonds. The van der Waals surface area contributed by atoms with Crippen LogP contribution in [0.1, 0.15) is 5.56 Å². The summed E-state index contributed by atoms with van der Waals surface area (Å²) in [5.74, 6) is 0.375. The highest BCUT2D eigenvalue weighted by atomic mass is 19.2. The zero-order valence-electron chi connectivity index (χ0n) is 21.4. The van der Waals surface area contributed by atoms with Crippen molar-refractivity contribution in [2.24, 2.45) is 7.05 Å². The third kappa shape index (κ3) is 4.48. The van der Waals surface area contributed by atoms with E-state index in [4.69, 9.17) is 15.0 Å². The number of benzene rings is 1. The lowest BCUT2D eigenvalue weighted by Crippen LogP contribution is -2.47. The Balaban J connectivity index is 1.23. The molecule has 0 radical (unpaired) electrons. The van der Waals surface area contributed by atoms with Gasteiger partial charge in [0.2, 0.25) is 0 Å². The minimum atomic E-state index is -0.798. The number of nitrogens with zero attached hydrogens (tertiary/aromatic N) is 8.